The van der Waals surface area contributed by atoms with Crippen LogP contribution in [0.25, 0.3) is 0 Å². The van der Waals surface area contributed by atoms with E-state index < -0.39 is 0 Å². The van der Waals surface area contributed by atoms with Gasteiger partial charge >= 0.3 is 6.03 Å². The summed E-state index contributed by atoms with van der Waals surface area (Å²) >= 11 is 0. The number of amides is 3. The fourth-order valence-electron chi connectivity index (χ4n) is 3.69. The Hall–Kier alpha value is -2.08. The summed E-state index contributed by atoms with van der Waals surface area (Å²) in [6, 6.07) is 8.40. The van der Waals surface area contributed by atoms with Crippen molar-refractivity contribution < 1.29 is 9.59 Å². The van der Waals surface area contributed by atoms with E-state index in [9.17, 15) is 9.59 Å². The van der Waals surface area contributed by atoms with Crippen molar-refractivity contribution in [3.8, 4) is 0 Å². The van der Waals surface area contributed by atoms with E-state index >= 15 is 0 Å². The van der Waals surface area contributed by atoms with E-state index in [0.717, 1.165) is 57.8 Å². The summed E-state index contributed by atoms with van der Waals surface area (Å²) in [5.41, 5.74) is 2.36. The van der Waals surface area contributed by atoms with Gasteiger partial charge < -0.3 is 15.1 Å². The van der Waals surface area contributed by atoms with E-state index in [1.54, 1.807) is 0 Å². The second-order valence-electron chi connectivity index (χ2n) is 7.46. The second kappa shape index (κ2) is 8.54. The number of urea groups is 1. The zero-order valence-corrected chi connectivity index (χ0v) is 15.9. The number of carbonyl (C=O) groups excluding carboxylic acids is 2. The van der Waals surface area contributed by atoms with Gasteiger partial charge in [-0.1, -0.05) is 18.2 Å². The Morgan fingerprint density at radius 1 is 1.08 bits per heavy atom. The Morgan fingerprint density at radius 2 is 1.81 bits per heavy atom. The Kier molecular flexibility index (Phi) is 6.14. The fraction of sp³-hybridized carbons (Fsp3) is 0.600. The highest BCUT2D eigenvalue weighted by Crippen LogP contribution is 2.27. The predicted octanol–water partition coefficient (Wildman–Crippen LogP) is 2.09. The monoisotopic (exact) mass is 358 g/mol. The molecular formula is C20H30N4O2. The van der Waals surface area contributed by atoms with Crippen molar-refractivity contribution in [1.82, 2.24) is 15.1 Å². The van der Waals surface area contributed by atoms with Crippen molar-refractivity contribution in [2.45, 2.75) is 39.2 Å². The molecule has 142 valence electrons. The maximum absolute atomic E-state index is 12.7. The molecule has 3 rings (SSSR count). The number of rotatable bonds is 4. The first-order valence-corrected chi connectivity index (χ1v) is 9.70. The first kappa shape index (κ1) is 18.7. The smallest absolute Gasteiger partial charge is 0.317 e. The SMILES string of the molecule is CC(C)NC(=O)N1CCN(CCC(=O)N2CCCc3ccccc32)CC1. The van der Waals surface area contributed by atoms with Crippen LogP contribution in [-0.4, -0.2) is 67.0 Å². The van der Waals surface area contributed by atoms with Gasteiger partial charge in [0.1, 0.15) is 0 Å². The molecule has 26 heavy (non-hydrogen) atoms. The molecule has 0 aromatic heterocycles. The number of anilines is 1. The lowest BCUT2D eigenvalue weighted by atomic mass is 10.0. The van der Waals surface area contributed by atoms with Crippen molar-refractivity contribution in [3.63, 3.8) is 0 Å². The molecule has 0 spiro atoms. The van der Waals surface area contributed by atoms with Gasteiger partial charge in [0.05, 0.1) is 0 Å². The Morgan fingerprint density at radius 3 is 2.54 bits per heavy atom. The average molecular weight is 358 g/mol. The molecule has 0 aliphatic carbocycles. The fourth-order valence-corrected chi connectivity index (χ4v) is 3.69. The van der Waals surface area contributed by atoms with Crippen LogP contribution in [0.5, 0.6) is 0 Å². The number of piperazine rings is 1. The molecule has 1 fully saturated rings. The molecule has 1 aromatic carbocycles. The van der Waals surface area contributed by atoms with E-state index in [-0.39, 0.29) is 18.0 Å². The van der Waals surface area contributed by atoms with Gasteiger partial charge in [-0.2, -0.15) is 0 Å². The van der Waals surface area contributed by atoms with Crippen molar-refractivity contribution in [2.75, 3.05) is 44.2 Å². The lowest BCUT2D eigenvalue weighted by Gasteiger charge is -2.35. The first-order valence-electron chi connectivity index (χ1n) is 9.70. The number of aryl methyl sites for hydroxylation is 1. The van der Waals surface area contributed by atoms with Gasteiger partial charge in [0.15, 0.2) is 0 Å². The molecule has 1 aromatic rings. The number of hydrogen-bond acceptors (Lipinski definition) is 3. The van der Waals surface area contributed by atoms with E-state index in [2.05, 4.69) is 22.3 Å². The van der Waals surface area contributed by atoms with Crippen molar-refractivity contribution >= 4 is 17.6 Å². The molecule has 2 aliphatic heterocycles. The molecule has 2 heterocycles. The predicted molar refractivity (Wildman–Crippen MR) is 103 cm³/mol. The van der Waals surface area contributed by atoms with Crippen LogP contribution in [0, 0.1) is 0 Å². The standard InChI is InChI=1S/C20H30N4O2/c1-16(2)21-20(26)23-14-12-22(13-15-23)11-9-19(25)24-10-5-7-17-6-3-4-8-18(17)24/h3-4,6,8,16H,5,7,9-15H2,1-2H3,(H,21,26). The van der Waals surface area contributed by atoms with Gasteiger partial charge in [-0.25, -0.2) is 4.79 Å². The highest BCUT2D eigenvalue weighted by atomic mass is 16.2. The molecule has 1 saturated heterocycles. The number of carbonyl (C=O) groups is 2. The molecule has 0 atom stereocenters. The molecule has 1 N–H and O–H groups in total. The molecular weight excluding hydrogens is 328 g/mol. The molecule has 0 saturated carbocycles. The normalized spacial score (nSPS) is 18.0. The van der Waals surface area contributed by atoms with Crippen LogP contribution in [0.2, 0.25) is 0 Å². The number of para-hydroxylation sites is 1. The summed E-state index contributed by atoms with van der Waals surface area (Å²) < 4.78 is 0. The van der Waals surface area contributed by atoms with Crippen LogP contribution in [0.15, 0.2) is 24.3 Å². The molecule has 2 aliphatic rings. The minimum atomic E-state index is 0.0145. The maximum Gasteiger partial charge on any atom is 0.317 e. The minimum Gasteiger partial charge on any atom is -0.336 e. The van der Waals surface area contributed by atoms with Gasteiger partial charge in [-0.15, -0.1) is 0 Å². The molecule has 3 amide bonds. The second-order valence-corrected chi connectivity index (χ2v) is 7.46. The van der Waals surface area contributed by atoms with Gasteiger partial charge in [0.2, 0.25) is 5.91 Å². The van der Waals surface area contributed by atoms with Crippen molar-refractivity contribution in [2.24, 2.45) is 0 Å². The number of nitrogens with zero attached hydrogens (tertiary/aromatic N) is 3. The Balaban J connectivity index is 1.46. The molecule has 6 heteroatoms. The highest BCUT2D eigenvalue weighted by molar-refractivity contribution is 5.94. The summed E-state index contributed by atoms with van der Waals surface area (Å²) in [7, 11) is 0. The van der Waals surface area contributed by atoms with Gasteiger partial charge in [-0.3, -0.25) is 9.69 Å². The first-order chi connectivity index (χ1) is 12.5. The quantitative estimate of drug-likeness (QED) is 0.897. The van der Waals surface area contributed by atoms with Gasteiger partial charge in [-0.05, 0) is 38.3 Å². The van der Waals surface area contributed by atoms with Crippen LogP contribution in [0.1, 0.15) is 32.3 Å². The third kappa shape index (κ3) is 4.55. The third-order valence-electron chi connectivity index (χ3n) is 5.12. The molecule has 0 unspecified atom stereocenters. The van der Waals surface area contributed by atoms with E-state index in [4.69, 9.17) is 0 Å². The summed E-state index contributed by atoms with van der Waals surface area (Å²) in [6.07, 6.45) is 2.62. The minimum absolute atomic E-state index is 0.0145. The molecule has 0 bridgehead atoms. The van der Waals surface area contributed by atoms with Crippen LogP contribution in [-0.2, 0) is 11.2 Å². The van der Waals surface area contributed by atoms with E-state index in [1.165, 1.54) is 5.56 Å². The number of hydrogen-bond donors (Lipinski definition) is 1. The van der Waals surface area contributed by atoms with Crippen molar-refractivity contribution in [1.29, 1.82) is 0 Å². The van der Waals surface area contributed by atoms with Gasteiger partial charge in [0.25, 0.3) is 0 Å². The van der Waals surface area contributed by atoms with Crippen LogP contribution in [0.3, 0.4) is 0 Å². The topological polar surface area (TPSA) is 55.9 Å². The number of nitrogens with one attached hydrogen (secondary N) is 1. The lowest BCUT2D eigenvalue weighted by Crippen LogP contribution is -2.53. The van der Waals surface area contributed by atoms with Gasteiger partial charge in [0, 0.05) is 57.4 Å². The van der Waals surface area contributed by atoms with E-state index in [0.29, 0.717) is 6.42 Å². The van der Waals surface area contributed by atoms with Crippen molar-refractivity contribution in [3.05, 3.63) is 29.8 Å². The van der Waals surface area contributed by atoms with Crippen LogP contribution >= 0.6 is 0 Å². The highest BCUT2D eigenvalue weighted by Gasteiger charge is 2.24. The molecule has 0 radical (unpaired) electrons. The van der Waals surface area contributed by atoms with E-state index in [1.807, 2.05) is 35.8 Å². The average Bonchev–Trinajstić information content (AvgIpc) is 2.65. The van der Waals surface area contributed by atoms with Crippen LogP contribution in [0.4, 0.5) is 10.5 Å². The number of benzene rings is 1. The Bertz CT molecular complexity index is 638. The third-order valence-corrected chi connectivity index (χ3v) is 5.12. The summed E-state index contributed by atoms with van der Waals surface area (Å²) in [5.74, 6) is 0.206. The zero-order chi connectivity index (χ0) is 18.5. The van der Waals surface area contributed by atoms with Crippen LogP contribution < -0.4 is 10.2 Å². The molecule has 6 nitrogen and oxygen atoms in total. The summed E-state index contributed by atoms with van der Waals surface area (Å²) in [5, 5.41) is 2.94. The largest absolute Gasteiger partial charge is 0.336 e. The zero-order valence-electron chi connectivity index (χ0n) is 15.9. The summed E-state index contributed by atoms with van der Waals surface area (Å²) in [4.78, 5) is 30.9. The number of fused-ring (bicyclic) bond motifs is 1. The Labute approximate surface area is 156 Å². The maximum atomic E-state index is 12.7. The lowest BCUT2D eigenvalue weighted by molar-refractivity contribution is -0.119. The summed E-state index contributed by atoms with van der Waals surface area (Å²) in [6.45, 7) is 8.62.